The molecule has 2 aliphatic rings. The molecule has 276 valence electrons. The van der Waals surface area contributed by atoms with Gasteiger partial charge in [0.25, 0.3) is 0 Å². The number of carbonyl (C=O) groups is 1. The molecule has 2 atom stereocenters. The highest BCUT2D eigenvalue weighted by atomic mass is 35.5. The number of benzene rings is 3. The van der Waals surface area contributed by atoms with Gasteiger partial charge in [-0.25, -0.2) is 0 Å². The van der Waals surface area contributed by atoms with Crippen molar-refractivity contribution in [1.29, 1.82) is 5.26 Å². The molecule has 3 heterocycles. The van der Waals surface area contributed by atoms with Crippen molar-refractivity contribution in [3.05, 3.63) is 118 Å². The molecule has 2 saturated heterocycles. The first kappa shape index (κ1) is 37.8. The number of halogens is 1. The standard InChI is InChI=1S/C42H45ClN4O6/c1-29-33(9-7-11-37(29)32-8-6-10-36(19-32)51-17-5-4-14-46-16-13-35(48)26-46)28-53-41-21-40(52-27-31-18-30(22-44)23-45-24-31)34(20-38(41)43)25-47-15-3-2-12-39(47)42(49)50/h4-11,18-21,23-24,35,39,48H,2-3,12-17,25-28H2,1H3,(H,49,50). The number of hydrogen-bond acceptors (Lipinski definition) is 9. The van der Waals surface area contributed by atoms with Crippen LogP contribution in [-0.4, -0.2) is 75.9 Å². The number of aliphatic hydroxyl groups is 1. The van der Waals surface area contributed by atoms with E-state index in [0.29, 0.717) is 48.2 Å². The molecular formula is C42H45ClN4O6. The van der Waals surface area contributed by atoms with E-state index in [4.69, 9.17) is 25.8 Å². The SMILES string of the molecule is Cc1c(COc2cc(OCc3cncc(C#N)c3)c(CN3CCCCC3C(=O)O)cc2Cl)cccc1-c1cccc(OCC=CCN2CCC(O)C2)c1. The van der Waals surface area contributed by atoms with E-state index in [2.05, 4.69) is 41.1 Å². The van der Waals surface area contributed by atoms with Gasteiger partial charge in [-0.05, 0) is 79.3 Å². The van der Waals surface area contributed by atoms with Gasteiger partial charge in [0.1, 0.15) is 49.2 Å². The highest BCUT2D eigenvalue weighted by molar-refractivity contribution is 6.32. The van der Waals surface area contributed by atoms with Gasteiger partial charge >= 0.3 is 5.97 Å². The lowest BCUT2D eigenvalue weighted by Gasteiger charge is -2.33. The number of β-amino-alcohol motifs (C(OH)–C–C–N with tert-alkyl or cyclic N) is 1. The summed E-state index contributed by atoms with van der Waals surface area (Å²) in [6.07, 6.45) is 10.2. The lowest BCUT2D eigenvalue weighted by Crippen LogP contribution is -2.44. The molecule has 0 saturated carbocycles. The lowest BCUT2D eigenvalue weighted by molar-refractivity contribution is -0.144. The topological polar surface area (TPSA) is 128 Å². The lowest BCUT2D eigenvalue weighted by atomic mass is 9.96. The minimum atomic E-state index is -0.835. The smallest absolute Gasteiger partial charge is 0.320 e. The first-order valence-electron chi connectivity index (χ1n) is 18.0. The maximum absolute atomic E-state index is 12.1. The van der Waals surface area contributed by atoms with Crippen molar-refractivity contribution < 1.29 is 29.2 Å². The number of nitrogens with zero attached hydrogens (tertiary/aromatic N) is 4. The summed E-state index contributed by atoms with van der Waals surface area (Å²) in [5, 5.41) is 29.3. The van der Waals surface area contributed by atoms with E-state index in [-0.39, 0.29) is 19.3 Å². The number of pyridine rings is 1. The summed E-state index contributed by atoms with van der Waals surface area (Å²) in [5.41, 5.74) is 6.06. The zero-order valence-corrected chi connectivity index (χ0v) is 30.7. The van der Waals surface area contributed by atoms with Crippen LogP contribution in [0.2, 0.25) is 5.02 Å². The Morgan fingerprint density at radius 1 is 0.981 bits per heavy atom. The number of aliphatic hydroxyl groups excluding tert-OH is 1. The molecule has 4 aromatic rings. The predicted octanol–water partition coefficient (Wildman–Crippen LogP) is 7.18. The van der Waals surface area contributed by atoms with Crippen molar-refractivity contribution >= 4 is 17.6 Å². The number of hydrogen-bond donors (Lipinski definition) is 2. The molecule has 0 radical (unpaired) electrons. The number of piperidine rings is 1. The Morgan fingerprint density at radius 2 is 1.83 bits per heavy atom. The largest absolute Gasteiger partial charge is 0.490 e. The van der Waals surface area contributed by atoms with Gasteiger partial charge in [-0.1, -0.05) is 60.5 Å². The quantitative estimate of drug-likeness (QED) is 0.121. The minimum absolute atomic E-state index is 0.156. The van der Waals surface area contributed by atoms with Gasteiger partial charge in [-0.15, -0.1) is 0 Å². The maximum atomic E-state index is 12.1. The number of rotatable bonds is 15. The molecule has 0 amide bonds. The third kappa shape index (κ3) is 10.2. The van der Waals surface area contributed by atoms with Gasteiger partial charge in [0, 0.05) is 55.8 Å². The average Bonchev–Trinajstić information content (AvgIpc) is 3.59. The fourth-order valence-electron chi connectivity index (χ4n) is 6.89. The molecule has 10 nitrogen and oxygen atoms in total. The van der Waals surface area contributed by atoms with Crippen molar-refractivity contribution in [2.75, 3.05) is 32.8 Å². The van der Waals surface area contributed by atoms with E-state index in [9.17, 15) is 20.3 Å². The fourth-order valence-corrected chi connectivity index (χ4v) is 7.13. The number of carboxylic acids is 1. The van der Waals surface area contributed by atoms with Crippen LogP contribution in [0.3, 0.4) is 0 Å². The van der Waals surface area contributed by atoms with Crippen LogP contribution in [0.15, 0.2) is 85.2 Å². The summed E-state index contributed by atoms with van der Waals surface area (Å²) in [6, 6.07) is 21.0. The molecule has 2 N–H and O–H groups in total. The Labute approximate surface area is 315 Å². The number of carboxylic acid groups (broad SMARTS) is 1. The Kier molecular flexibility index (Phi) is 13.0. The van der Waals surface area contributed by atoms with E-state index in [1.54, 1.807) is 24.4 Å². The van der Waals surface area contributed by atoms with Crippen LogP contribution in [0, 0.1) is 18.3 Å². The number of aliphatic carboxylic acids is 1. The van der Waals surface area contributed by atoms with Gasteiger partial charge < -0.3 is 24.4 Å². The van der Waals surface area contributed by atoms with Crippen LogP contribution in [-0.2, 0) is 24.6 Å². The summed E-state index contributed by atoms with van der Waals surface area (Å²) < 4.78 is 18.7. The van der Waals surface area contributed by atoms with Gasteiger partial charge in [-0.2, -0.15) is 5.26 Å². The zero-order chi connectivity index (χ0) is 37.2. The highest BCUT2D eigenvalue weighted by Gasteiger charge is 2.29. The third-order valence-corrected chi connectivity index (χ3v) is 10.1. The van der Waals surface area contributed by atoms with Gasteiger partial charge in [0.15, 0.2) is 0 Å². The summed E-state index contributed by atoms with van der Waals surface area (Å²) in [5.74, 6) is 0.904. The first-order valence-corrected chi connectivity index (χ1v) is 18.4. The fraction of sp³-hybridized carbons (Fsp3) is 0.357. The van der Waals surface area contributed by atoms with Crippen molar-refractivity contribution in [2.45, 2.75) is 64.5 Å². The zero-order valence-electron chi connectivity index (χ0n) is 29.9. The third-order valence-electron chi connectivity index (χ3n) is 9.80. The summed E-state index contributed by atoms with van der Waals surface area (Å²) in [7, 11) is 0. The van der Waals surface area contributed by atoms with Crippen LogP contribution in [0.1, 0.15) is 53.5 Å². The monoisotopic (exact) mass is 736 g/mol. The summed E-state index contributed by atoms with van der Waals surface area (Å²) in [6.45, 7) is 6.40. The van der Waals surface area contributed by atoms with Crippen molar-refractivity contribution in [3.63, 3.8) is 0 Å². The molecule has 53 heavy (non-hydrogen) atoms. The van der Waals surface area contributed by atoms with Gasteiger partial charge in [-0.3, -0.25) is 19.6 Å². The van der Waals surface area contributed by atoms with E-state index in [1.165, 1.54) is 6.20 Å². The number of ether oxygens (including phenoxy) is 3. The molecule has 11 heteroatoms. The van der Waals surface area contributed by atoms with Crippen molar-refractivity contribution in [1.82, 2.24) is 14.8 Å². The second kappa shape index (κ2) is 18.2. The minimum Gasteiger partial charge on any atom is -0.490 e. The first-order chi connectivity index (χ1) is 25.8. The molecule has 0 spiro atoms. The molecule has 1 aromatic heterocycles. The number of nitriles is 1. The maximum Gasteiger partial charge on any atom is 0.320 e. The summed E-state index contributed by atoms with van der Waals surface area (Å²) in [4.78, 5) is 20.4. The number of likely N-dealkylation sites (tertiary alicyclic amines) is 2. The van der Waals surface area contributed by atoms with Crippen LogP contribution in [0.5, 0.6) is 17.2 Å². The molecule has 0 bridgehead atoms. The second-order valence-electron chi connectivity index (χ2n) is 13.6. The highest BCUT2D eigenvalue weighted by Crippen LogP contribution is 2.36. The average molecular weight is 737 g/mol. The van der Waals surface area contributed by atoms with E-state index in [0.717, 1.165) is 78.0 Å². The van der Waals surface area contributed by atoms with E-state index in [1.807, 2.05) is 41.3 Å². The van der Waals surface area contributed by atoms with Gasteiger partial charge in [0.2, 0.25) is 0 Å². The van der Waals surface area contributed by atoms with E-state index >= 15 is 0 Å². The molecular weight excluding hydrogens is 692 g/mol. The van der Waals surface area contributed by atoms with E-state index < -0.39 is 12.0 Å². The van der Waals surface area contributed by atoms with Crippen LogP contribution in [0.4, 0.5) is 0 Å². The molecule has 3 aromatic carbocycles. The molecule has 6 rings (SSSR count). The van der Waals surface area contributed by atoms with Gasteiger partial charge in [0.05, 0.1) is 16.7 Å². The van der Waals surface area contributed by atoms with Crippen LogP contribution < -0.4 is 14.2 Å². The summed E-state index contributed by atoms with van der Waals surface area (Å²) >= 11 is 6.83. The number of aromatic nitrogens is 1. The van der Waals surface area contributed by atoms with Crippen molar-refractivity contribution in [2.24, 2.45) is 0 Å². The second-order valence-corrected chi connectivity index (χ2v) is 14.0. The van der Waals surface area contributed by atoms with Crippen LogP contribution >= 0.6 is 11.6 Å². The van der Waals surface area contributed by atoms with Crippen LogP contribution in [0.25, 0.3) is 11.1 Å². The Balaban J connectivity index is 1.16. The molecule has 2 fully saturated rings. The Hall–Kier alpha value is -4.92. The Bertz CT molecular complexity index is 1960. The molecule has 2 unspecified atom stereocenters. The predicted molar refractivity (Wildman–Crippen MR) is 203 cm³/mol. The normalized spacial score (nSPS) is 17.8. The molecule has 0 aliphatic carbocycles. The molecule has 2 aliphatic heterocycles. The Morgan fingerprint density at radius 3 is 2.64 bits per heavy atom. The van der Waals surface area contributed by atoms with Crippen molar-refractivity contribution in [3.8, 4) is 34.4 Å².